The van der Waals surface area contributed by atoms with Gasteiger partial charge in [0.15, 0.2) is 0 Å². The molecule has 1 unspecified atom stereocenters. The van der Waals surface area contributed by atoms with Crippen LogP contribution < -0.4 is 0 Å². The molecule has 0 amide bonds. The maximum absolute atomic E-state index is 10.5. The summed E-state index contributed by atoms with van der Waals surface area (Å²) in [7, 11) is 0. The van der Waals surface area contributed by atoms with E-state index in [2.05, 4.69) is 25.9 Å². The number of aryl methyl sites for hydroxylation is 1. The molecule has 5 heteroatoms. The van der Waals surface area contributed by atoms with Crippen LogP contribution in [0.5, 0.6) is 0 Å². The van der Waals surface area contributed by atoms with Crippen LogP contribution in [0.25, 0.3) is 10.9 Å². The van der Waals surface area contributed by atoms with Gasteiger partial charge in [-0.1, -0.05) is 28.1 Å². The van der Waals surface area contributed by atoms with E-state index < -0.39 is 6.10 Å². The molecule has 0 bridgehead atoms. The summed E-state index contributed by atoms with van der Waals surface area (Å²) >= 11 is 5.10. The van der Waals surface area contributed by atoms with Crippen LogP contribution >= 0.6 is 27.3 Å². The summed E-state index contributed by atoms with van der Waals surface area (Å²) in [5.74, 6) is 0. The Labute approximate surface area is 129 Å². The van der Waals surface area contributed by atoms with Gasteiger partial charge in [0, 0.05) is 39.1 Å². The third kappa shape index (κ3) is 2.61. The molecule has 0 radical (unpaired) electrons. The van der Waals surface area contributed by atoms with Gasteiger partial charge in [-0.05, 0) is 19.1 Å². The van der Waals surface area contributed by atoms with E-state index in [-0.39, 0.29) is 0 Å². The first kappa shape index (κ1) is 13.7. The zero-order valence-electron chi connectivity index (χ0n) is 10.9. The molecular weight excluding hydrogens is 336 g/mol. The molecular formula is C15H13BrN2OS. The summed E-state index contributed by atoms with van der Waals surface area (Å²) in [5, 5.41) is 14.4. The van der Waals surface area contributed by atoms with Gasteiger partial charge in [0.25, 0.3) is 0 Å². The highest BCUT2D eigenvalue weighted by Gasteiger charge is 2.15. The molecule has 0 aliphatic heterocycles. The molecule has 2 aromatic heterocycles. The molecule has 3 aromatic rings. The fourth-order valence-corrected chi connectivity index (χ4v) is 3.46. The highest BCUT2D eigenvalue weighted by molar-refractivity contribution is 9.10. The number of benzene rings is 1. The molecule has 0 saturated heterocycles. The standard InChI is InChI=1S/C15H13BrN2OS/c1-9-8-20-14(18-9)7-13(19)11-4-5-12(16)10-3-2-6-17-15(10)11/h2-6,8,13,19H,7H2,1H3. The number of hydrogen-bond acceptors (Lipinski definition) is 4. The Morgan fingerprint density at radius 3 is 2.95 bits per heavy atom. The minimum atomic E-state index is -0.592. The van der Waals surface area contributed by atoms with Crippen molar-refractivity contribution < 1.29 is 5.11 Å². The first-order valence-corrected chi connectivity index (χ1v) is 7.94. The maximum atomic E-state index is 10.5. The molecule has 1 atom stereocenters. The highest BCUT2D eigenvalue weighted by Crippen LogP contribution is 2.30. The lowest BCUT2D eigenvalue weighted by molar-refractivity contribution is 0.179. The van der Waals surface area contributed by atoms with Gasteiger partial charge in [-0.15, -0.1) is 11.3 Å². The lowest BCUT2D eigenvalue weighted by Gasteiger charge is -2.12. The summed E-state index contributed by atoms with van der Waals surface area (Å²) in [6.07, 6.45) is 1.68. The molecule has 1 aromatic carbocycles. The average Bonchev–Trinajstić information content (AvgIpc) is 2.84. The van der Waals surface area contributed by atoms with Gasteiger partial charge in [0.2, 0.25) is 0 Å². The van der Waals surface area contributed by atoms with E-state index in [0.717, 1.165) is 31.6 Å². The van der Waals surface area contributed by atoms with Gasteiger partial charge >= 0.3 is 0 Å². The highest BCUT2D eigenvalue weighted by atomic mass is 79.9. The minimum Gasteiger partial charge on any atom is -0.388 e. The van der Waals surface area contributed by atoms with Gasteiger partial charge in [0.05, 0.1) is 16.6 Å². The number of aromatic nitrogens is 2. The second kappa shape index (κ2) is 5.60. The van der Waals surface area contributed by atoms with Crippen molar-refractivity contribution >= 4 is 38.2 Å². The zero-order valence-corrected chi connectivity index (χ0v) is 13.3. The monoisotopic (exact) mass is 348 g/mol. The number of thiazole rings is 1. The van der Waals surface area contributed by atoms with Crippen molar-refractivity contribution in [3.8, 4) is 0 Å². The number of rotatable bonds is 3. The largest absolute Gasteiger partial charge is 0.388 e. The second-order valence-electron chi connectivity index (χ2n) is 4.64. The Morgan fingerprint density at radius 1 is 1.35 bits per heavy atom. The third-order valence-electron chi connectivity index (χ3n) is 3.14. The lowest BCUT2D eigenvalue weighted by atomic mass is 10.0. The van der Waals surface area contributed by atoms with Crippen molar-refractivity contribution in [1.82, 2.24) is 9.97 Å². The van der Waals surface area contributed by atoms with Crippen LogP contribution in [0.15, 0.2) is 40.3 Å². The molecule has 0 aliphatic carbocycles. The number of nitrogens with zero attached hydrogens (tertiary/aromatic N) is 2. The Bertz CT molecular complexity index is 756. The van der Waals surface area contributed by atoms with Crippen LogP contribution in [0.1, 0.15) is 22.4 Å². The van der Waals surface area contributed by atoms with E-state index in [4.69, 9.17) is 0 Å². The van der Waals surface area contributed by atoms with E-state index in [9.17, 15) is 5.11 Å². The molecule has 1 N–H and O–H groups in total. The Hall–Kier alpha value is -1.30. The Kier molecular flexibility index (Phi) is 3.83. The fourth-order valence-electron chi connectivity index (χ4n) is 2.20. The predicted molar refractivity (Wildman–Crippen MR) is 85.0 cm³/mol. The predicted octanol–water partition coefficient (Wildman–Crippen LogP) is 4.04. The first-order chi connectivity index (χ1) is 9.65. The lowest BCUT2D eigenvalue weighted by Crippen LogP contribution is -2.03. The van der Waals surface area contributed by atoms with Crippen molar-refractivity contribution in [3.05, 3.63) is 56.6 Å². The normalized spacial score (nSPS) is 12.8. The molecule has 0 spiro atoms. The smallest absolute Gasteiger partial charge is 0.0957 e. The number of fused-ring (bicyclic) bond motifs is 1. The summed E-state index contributed by atoms with van der Waals surface area (Å²) < 4.78 is 0.988. The molecule has 102 valence electrons. The van der Waals surface area contributed by atoms with Crippen molar-refractivity contribution in [2.24, 2.45) is 0 Å². The summed E-state index contributed by atoms with van der Waals surface area (Å²) in [6, 6.07) is 7.77. The van der Waals surface area contributed by atoms with Gasteiger partial charge in [0.1, 0.15) is 0 Å². The van der Waals surface area contributed by atoms with E-state index in [0.29, 0.717) is 6.42 Å². The summed E-state index contributed by atoms with van der Waals surface area (Å²) in [6.45, 7) is 1.96. The van der Waals surface area contributed by atoms with Gasteiger partial charge in [-0.3, -0.25) is 4.98 Å². The number of pyridine rings is 1. The first-order valence-electron chi connectivity index (χ1n) is 6.27. The van der Waals surface area contributed by atoms with E-state index in [1.54, 1.807) is 17.5 Å². The number of hydrogen-bond donors (Lipinski definition) is 1. The fraction of sp³-hybridized carbons (Fsp3) is 0.200. The quantitative estimate of drug-likeness (QED) is 0.776. The Balaban J connectivity index is 1.99. The third-order valence-corrected chi connectivity index (χ3v) is 4.82. The van der Waals surface area contributed by atoms with E-state index in [1.807, 2.05) is 36.6 Å². The SMILES string of the molecule is Cc1csc(CC(O)c2ccc(Br)c3cccnc23)n1. The number of aliphatic hydroxyl groups is 1. The maximum Gasteiger partial charge on any atom is 0.0957 e. The summed E-state index contributed by atoms with van der Waals surface area (Å²) in [5.41, 5.74) is 2.68. The van der Waals surface area contributed by atoms with Crippen LogP contribution in [0.3, 0.4) is 0 Å². The van der Waals surface area contributed by atoms with Gasteiger partial charge < -0.3 is 5.11 Å². The van der Waals surface area contributed by atoms with Crippen LogP contribution in [-0.2, 0) is 6.42 Å². The zero-order chi connectivity index (χ0) is 14.1. The van der Waals surface area contributed by atoms with E-state index >= 15 is 0 Å². The topological polar surface area (TPSA) is 46.0 Å². The number of aliphatic hydroxyl groups excluding tert-OH is 1. The molecule has 3 rings (SSSR count). The van der Waals surface area contributed by atoms with Crippen molar-refractivity contribution in [1.29, 1.82) is 0 Å². The van der Waals surface area contributed by atoms with Crippen LogP contribution in [0, 0.1) is 6.92 Å². The van der Waals surface area contributed by atoms with Gasteiger partial charge in [-0.2, -0.15) is 0 Å². The average molecular weight is 349 g/mol. The summed E-state index contributed by atoms with van der Waals surface area (Å²) in [4.78, 5) is 8.81. The molecule has 0 fully saturated rings. The minimum absolute atomic E-state index is 0.520. The van der Waals surface area contributed by atoms with Crippen LogP contribution in [0.4, 0.5) is 0 Å². The number of halogens is 1. The Morgan fingerprint density at radius 2 is 2.20 bits per heavy atom. The van der Waals surface area contributed by atoms with Crippen molar-refractivity contribution in [2.45, 2.75) is 19.4 Å². The van der Waals surface area contributed by atoms with Gasteiger partial charge in [-0.25, -0.2) is 4.98 Å². The van der Waals surface area contributed by atoms with Crippen LogP contribution in [-0.4, -0.2) is 15.1 Å². The second-order valence-corrected chi connectivity index (χ2v) is 6.44. The van der Waals surface area contributed by atoms with E-state index in [1.165, 1.54) is 0 Å². The van der Waals surface area contributed by atoms with Crippen LogP contribution in [0.2, 0.25) is 0 Å². The van der Waals surface area contributed by atoms with Crippen molar-refractivity contribution in [3.63, 3.8) is 0 Å². The van der Waals surface area contributed by atoms with Crippen molar-refractivity contribution in [2.75, 3.05) is 0 Å². The molecule has 3 nitrogen and oxygen atoms in total. The molecule has 20 heavy (non-hydrogen) atoms. The molecule has 0 aliphatic rings. The molecule has 0 saturated carbocycles. The molecule has 2 heterocycles.